The van der Waals surface area contributed by atoms with E-state index in [-0.39, 0.29) is 23.1 Å². The van der Waals surface area contributed by atoms with Crippen LogP contribution in [0.2, 0.25) is 10.0 Å². The van der Waals surface area contributed by atoms with Crippen LogP contribution in [0.15, 0.2) is 66.4 Å². The molecular formula is C25H19Cl2FN2O4. The smallest absolute Gasteiger partial charge is 0.333 e. The number of nitrogens with zero attached hydrogens (tertiary/aromatic N) is 1. The largest absolute Gasteiger partial charge is 0.490 e. The van der Waals surface area contributed by atoms with E-state index >= 15 is 0 Å². The molecule has 1 heterocycles. The predicted octanol–water partition coefficient (Wildman–Crippen LogP) is 6.21. The van der Waals surface area contributed by atoms with Gasteiger partial charge in [-0.1, -0.05) is 41.4 Å². The van der Waals surface area contributed by atoms with Crippen LogP contribution in [0.3, 0.4) is 0 Å². The zero-order valence-electron chi connectivity index (χ0n) is 18.0. The number of imide groups is 1. The summed E-state index contributed by atoms with van der Waals surface area (Å²) in [5, 5.41) is 3.26. The molecule has 6 nitrogen and oxygen atoms in total. The molecule has 3 aromatic carbocycles. The molecule has 9 heteroatoms. The fourth-order valence-corrected chi connectivity index (χ4v) is 3.77. The molecular weight excluding hydrogens is 482 g/mol. The van der Waals surface area contributed by atoms with Crippen LogP contribution in [-0.4, -0.2) is 18.5 Å². The van der Waals surface area contributed by atoms with E-state index < -0.39 is 17.8 Å². The number of carbonyl (C=O) groups is 2. The first-order chi connectivity index (χ1) is 16.4. The average Bonchev–Trinajstić information content (AvgIpc) is 3.08. The van der Waals surface area contributed by atoms with Crippen LogP contribution in [0.1, 0.15) is 18.1 Å². The summed E-state index contributed by atoms with van der Waals surface area (Å²) in [6.45, 7) is 2.08. The van der Waals surface area contributed by atoms with E-state index in [2.05, 4.69) is 5.32 Å². The maximum absolute atomic E-state index is 13.9. The van der Waals surface area contributed by atoms with Crippen LogP contribution in [0.4, 0.5) is 14.9 Å². The van der Waals surface area contributed by atoms with Gasteiger partial charge < -0.3 is 14.8 Å². The molecule has 0 radical (unpaired) electrons. The van der Waals surface area contributed by atoms with Crippen molar-refractivity contribution in [2.75, 3.05) is 11.5 Å². The lowest BCUT2D eigenvalue weighted by Crippen LogP contribution is -2.30. The molecule has 1 fully saturated rings. The number of halogens is 3. The minimum Gasteiger partial charge on any atom is -0.490 e. The lowest BCUT2D eigenvalue weighted by molar-refractivity contribution is -0.113. The minimum atomic E-state index is -0.584. The summed E-state index contributed by atoms with van der Waals surface area (Å²) < 4.78 is 25.4. The van der Waals surface area contributed by atoms with Crippen molar-refractivity contribution >= 4 is 46.9 Å². The molecule has 0 bridgehead atoms. The molecule has 3 amide bonds. The van der Waals surface area contributed by atoms with E-state index in [1.807, 2.05) is 0 Å². The number of ether oxygens (including phenoxy) is 2. The summed E-state index contributed by atoms with van der Waals surface area (Å²) in [5.74, 6) is -0.344. The standard InChI is InChI=1S/C25H19Cl2FN2O4/c1-2-33-22-13-15(11-19(27)23(22)34-14-16-5-3-4-6-20(16)28)12-21-24(31)30(25(32)29-21)18-9-7-17(26)8-10-18/h3-13H,2,14H2,1H3,(H,29,32)/b21-12+. The highest BCUT2D eigenvalue weighted by Crippen LogP contribution is 2.38. The molecule has 0 atom stereocenters. The molecule has 0 aliphatic carbocycles. The number of hydrogen-bond donors (Lipinski definition) is 1. The van der Waals surface area contributed by atoms with Gasteiger partial charge in [0.1, 0.15) is 18.1 Å². The number of anilines is 1. The molecule has 0 spiro atoms. The van der Waals surface area contributed by atoms with Crippen molar-refractivity contribution in [2.45, 2.75) is 13.5 Å². The first-order valence-electron chi connectivity index (χ1n) is 10.3. The van der Waals surface area contributed by atoms with Gasteiger partial charge in [0, 0.05) is 10.6 Å². The zero-order valence-corrected chi connectivity index (χ0v) is 19.5. The van der Waals surface area contributed by atoms with E-state index in [1.165, 1.54) is 12.1 Å². The lowest BCUT2D eigenvalue weighted by atomic mass is 10.1. The van der Waals surface area contributed by atoms with Gasteiger partial charge in [0.05, 0.1) is 17.3 Å². The molecule has 0 aromatic heterocycles. The molecule has 3 aromatic rings. The van der Waals surface area contributed by atoms with E-state index in [0.29, 0.717) is 34.2 Å². The normalized spacial score (nSPS) is 14.5. The Morgan fingerprint density at radius 2 is 1.76 bits per heavy atom. The Kier molecular flexibility index (Phi) is 7.05. The molecule has 0 unspecified atom stereocenters. The lowest BCUT2D eigenvalue weighted by Gasteiger charge is -2.15. The fraction of sp³-hybridized carbons (Fsp3) is 0.120. The highest BCUT2D eigenvalue weighted by Gasteiger charge is 2.34. The second-order valence-corrected chi connectivity index (χ2v) is 8.09. The maximum atomic E-state index is 13.9. The van der Waals surface area contributed by atoms with Crippen molar-refractivity contribution in [3.63, 3.8) is 0 Å². The second-order valence-electron chi connectivity index (χ2n) is 7.25. The number of amides is 3. The molecule has 1 aliphatic heterocycles. The number of urea groups is 1. The molecule has 34 heavy (non-hydrogen) atoms. The third-order valence-corrected chi connectivity index (χ3v) is 5.47. The molecule has 1 aliphatic rings. The van der Waals surface area contributed by atoms with Crippen LogP contribution in [-0.2, 0) is 11.4 Å². The van der Waals surface area contributed by atoms with E-state index in [9.17, 15) is 14.0 Å². The van der Waals surface area contributed by atoms with Crippen LogP contribution >= 0.6 is 23.2 Å². The summed E-state index contributed by atoms with van der Waals surface area (Å²) in [4.78, 5) is 26.3. The zero-order chi connectivity index (χ0) is 24.2. The second kappa shape index (κ2) is 10.2. The van der Waals surface area contributed by atoms with Crippen LogP contribution in [0.25, 0.3) is 6.08 Å². The van der Waals surface area contributed by atoms with Gasteiger partial charge in [-0.15, -0.1) is 0 Å². The Hall–Kier alpha value is -3.55. The quantitative estimate of drug-likeness (QED) is 0.309. The Balaban J connectivity index is 1.60. The number of hydrogen-bond acceptors (Lipinski definition) is 4. The molecule has 4 rings (SSSR count). The Morgan fingerprint density at radius 3 is 2.47 bits per heavy atom. The van der Waals surface area contributed by atoms with Crippen molar-refractivity contribution in [1.29, 1.82) is 0 Å². The third-order valence-electron chi connectivity index (χ3n) is 4.94. The van der Waals surface area contributed by atoms with Crippen LogP contribution in [0, 0.1) is 5.82 Å². The van der Waals surface area contributed by atoms with E-state index in [1.54, 1.807) is 61.5 Å². The number of benzene rings is 3. The van der Waals surface area contributed by atoms with Gasteiger partial charge in [-0.3, -0.25) is 4.79 Å². The van der Waals surface area contributed by atoms with Crippen LogP contribution in [0.5, 0.6) is 11.5 Å². The molecule has 1 saturated heterocycles. The van der Waals surface area contributed by atoms with Crippen molar-refractivity contribution in [1.82, 2.24) is 5.32 Å². The van der Waals surface area contributed by atoms with Gasteiger partial charge in [-0.05, 0) is 61.0 Å². The van der Waals surface area contributed by atoms with Crippen LogP contribution < -0.4 is 19.7 Å². The number of carbonyl (C=O) groups excluding carboxylic acids is 2. The predicted molar refractivity (Wildman–Crippen MR) is 129 cm³/mol. The molecule has 174 valence electrons. The SMILES string of the molecule is CCOc1cc(/C=C2/NC(=O)N(c3ccc(Cl)cc3)C2=O)cc(Cl)c1OCc1ccccc1F. The summed E-state index contributed by atoms with van der Waals surface area (Å²) in [6.07, 6.45) is 1.49. The van der Waals surface area contributed by atoms with Gasteiger partial charge in [-0.25, -0.2) is 14.1 Å². The molecule has 0 saturated carbocycles. The van der Waals surface area contributed by atoms with E-state index in [0.717, 1.165) is 4.90 Å². The maximum Gasteiger partial charge on any atom is 0.333 e. The number of rotatable bonds is 7. The Labute approximate surface area is 205 Å². The Bertz CT molecular complexity index is 1280. The van der Waals surface area contributed by atoms with Crippen molar-refractivity contribution in [3.05, 3.63) is 93.4 Å². The molecule has 1 N–H and O–H groups in total. The summed E-state index contributed by atoms with van der Waals surface area (Å²) in [6, 6.07) is 15.2. The topological polar surface area (TPSA) is 67.9 Å². The van der Waals surface area contributed by atoms with Crippen molar-refractivity contribution < 1.29 is 23.5 Å². The van der Waals surface area contributed by atoms with Gasteiger partial charge in [0.2, 0.25) is 0 Å². The monoisotopic (exact) mass is 500 g/mol. The minimum absolute atomic E-state index is 0.0441. The van der Waals surface area contributed by atoms with Gasteiger partial charge in [0.25, 0.3) is 5.91 Å². The van der Waals surface area contributed by atoms with Gasteiger partial charge in [0.15, 0.2) is 11.5 Å². The summed E-state index contributed by atoms with van der Waals surface area (Å²) >= 11 is 12.3. The average molecular weight is 501 g/mol. The Morgan fingerprint density at radius 1 is 1.03 bits per heavy atom. The van der Waals surface area contributed by atoms with Crippen molar-refractivity contribution in [2.24, 2.45) is 0 Å². The highest BCUT2D eigenvalue weighted by atomic mass is 35.5. The highest BCUT2D eigenvalue weighted by molar-refractivity contribution is 6.33. The number of nitrogens with one attached hydrogen (secondary N) is 1. The van der Waals surface area contributed by atoms with E-state index in [4.69, 9.17) is 32.7 Å². The summed E-state index contributed by atoms with van der Waals surface area (Å²) in [5.41, 5.74) is 1.33. The van der Waals surface area contributed by atoms with Crippen molar-refractivity contribution in [3.8, 4) is 11.5 Å². The first-order valence-corrected chi connectivity index (χ1v) is 11.1. The van der Waals surface area contributed by atoms with Gasteiger partial charge in [-0.2, -0.15) is 0 Å². The third kappa shape index (κ3) is 5.00. The first kappa shape index (κ1) is 23.6. The van der Waals surface area contributed by atoms with Gasteiger partial charge >= 0.3 is 6.03 Å². The fourth-order valence-electron chi connectivity index (χ4n) is 3.37. The summed E-state index contributed by atoms with van der Waals surface area (Å²) in [7, 11) is 0.